The summed E-state index contributed by atoms with van der Waals surface area (Å²) in [5.74, 6) is 1.22. The summed E-state index contributed by atoms with van der Waals surface area (Å²) in [7, 11) is 0. The first-order chi connectivity index (χ1) is 6.43. The molecule has 4 heteroatoms. The molecule has 0 amide bonds. The minimum absolute atomic E-state index is 0.411. The van der Waals surface area contributed by atoms with Gasteiger partial charge in [0.1, 0.15) is 0 Å². The van der Waals surface area contributed by atoms with E-state index >= 15 is 0 Å². The molecule has 0 spiro atoms. The summed E-state index contributed by atoms with van der Waals surface area (Å²) in [5, 5.41) is 5.60. The Morgan fingerprint density at radius 2 is 2.54 bits per heavy atom. The van der Waals surface area contributed by atoms with E-state index in [0.29, 0.717) is 6.04 Å². The van der Waals surface area contributed by atoms with Crippen molar-refractivity contribution in [1.29, 1.82) is 0 Å². The maximum absolute atomic E-state index is 4.70. The number of hydrogen-bond donors (Lipinski definition) is 0. The maximum Gasteiger partial charge on any atom is 0.160 e. The van der Waals surface area contributed by atoms with Gasteiger partial charge in [-0.2, -0.15) is 11.3 Å². The molecule has 2 nitrogen and oxygen atoms in total. The Morgan fingerprint density at radius 1 is 1.54 bits per heavy atom. The quantitative estimate of drug-likeness (QED) is 0.706. The van der Waals surface area contributed by atoms with E-state index in [0.717, 1.165) is 6.54 Å². The highest BCUT2D eigenvalue weighted by atomic mass is 32.2. The Morgan fingerprint density at radius 3 is 3.31 bits per heavy atom. The van der Waals surface area contributed by atoms with E-state index in [9.17, 15) is 0 Å². The largest absolute Gasteiger partial charge is 0.348 e. The van der Waals surface area contributed by atoms with E-state index in [1.807, 2.05) is 11.8 Å². The highest BCUT2D eigenvalue weighted by Gasteiger charge is 2.29. The third kappa shape index (κ3) is 1.28. The molecule has 3 rings (SSSR count). The van der Waals surface area contributed by atoms with Crippen LogP contribution in [0.2, 0.25) is 0 Å². The van der Waals surface area contributed by atoms with E-state index in [-0.39, 0.29) is 0 Å². The van der Waals surface area contributed by atoms with Crippen molar-refractivity contribution in [3.05, 3.63) is 22.4 Å². The average Bonchev–Trinajstić information content (AvgIpc) is 2.78. The summed E-state index contributed by atoms with van der Waals surface area (Å²) < 4.78 is 0. The van der Waals surface area contributed by atoms with Gasteiger partial charge >= 0.3 is 0 Å². The van der Waals surface area contributed by atoms with Crippen molar-refractivity contribution in [3.63, 3.8) is 0 Å². The molecule has 2 aliphatic rings. The lowest BCUT2D eigenvalue weighted by Crippen LogP contribution is -2.21. The molecule has 1 saturated heterocycles. The maximum atomic E-state index is 4.70. The van der Waals surface area contributed by atoms with Crippen LogP contribution in [-0.2, 0) is 0 Å². The monoisotopic (exact) mass is 210 g/mol. The fourth-order valence-corrected chi connectivity index (χ4v) is 3.50. The Bertz CT molecular complexity index is 331. The number of hydrogen-bond acceptors (Lipinski definition) is 4. The summed E-state index contributed by atoms with van der Waals surface area (Å²) in [4.78, 5) is 7.10. The smallest absolute Gasteiger partial charge is 0.160 e. The van der Waals surface area contributed by atoms with Crippen molar-refractivity contribution in [3.8, 4) is 0 Å². The van der Waals surface area contributed by atoms with E-state index in [2.05, 4.69) is 21.7 Å². The van der Waals surface area contributed by atoms with Gasteiger partial charge in [0.2, 0.25) is 0 Å². The number of nitrogens with zero attached hydrogens (tertiary/aromatic N) is 2. The van der Waals surface area contributed by atoms with E-state index < -0.39 is 0 Å². The Labute approximate surface area is 85.7 Å². The molecule has 13 heavy (non-hydrogen) atoms. The van der Waals surface area contributed by atoms with Crippen LogP contribution in [0.4, 0.5) is 0 Å². The molecule has 1 aromatic heterocycles. The third-order valence-electron chi connectivity index (χ3n) is 2.45. The topological polar surface area (TPSA) is 15.6 Å². The number of thiophene rings is 1. The van der Waals surface area contributed by atoms with Crippen LogP contribution in [0.25, 0.3) is 0 Å². The zero-order chi connectivity index (χ0) is 8.67. The summed E-state index contributed by atoms with van der Waals surface area (Å²) in [6.07, 6.45) is 0. The molecule has 3 heterocycles. The average molecular weight is 210 g/mol. The van der Waals surface area contributed by atoms with Crippen molar-refractivity contribution in [2.75, 3.05) is 18.8 Å². The molecule has 0 radical (unpaired) electrons. The van der Waals surface area contributed by atoms with Crippen LogP contribution in [-0.4, -0.2) is 28.9 Å². The zero-order valence-corrected chi connectivity index (χ0v) is 8.77. The van der Waals surface area contributed by atoms with E-state index in [4.69, 9.17) is 4.99 Å². The first kappa shape index (κ1) is 7.88. The molecular weight excluding hydrogens is 200 g/mol. The van der Waals surface area contributed by atoms with Gasteiger partial charge in [-0.25, -0.2) is 0 Å². The Kier molecular flexibility index (Phi) is 1.84. The molecular formula is C9H10N2S2. The fraction of sp³-hybridized carbons (Fsp3) is 0.444. The van der Waals surface area contributed by atoms with Crippen LogP contribution >= 0.6 is 23.1 Å². The lowest BCUT2D eigenvalue weighted by molar-refractivity contribution is 0.464. The van der Waals surface area contributed by atoms with Gasteiger partial charge in [-0.05, 0) is 22.4 Å². The zero-order valence-electron chi connectivity index (χ0n) is 7.14. The second kappa shape index (κ2) is 3.03. The molecule has 1 atom stereocenters. The summed E-state index contributed by atoms with van der Waals surface area (Å²) in [5.41, 5.74) is 1.38. The SMILES string of the molecule is c1cc(C2CN3CCSC3=N2)cs1. The predicted octanol–water partition coefficient (Wildman–Crippen LogP) is 2.21. The van der Waals surface area contributed by atoms with Gasteiger partial charge in [0, 0.05) is 18.8 Å². The highest BCUT2D eigenvalue weighted by molar-refractivity contribution is 8.14. The third-order valence-corrected chi connectivity index (χ3v) is 4.16. The molecule has 0 aromatic carbocycles. The number of rotatable bonds is 1. The second-order valence-electron chi connectivity index (χ2n) is 3.28. The van der Waals surface area contributed by atoms with Gasteiger partial charge in [0.15, 0.2) is 5.17 Å². The summed E-state index contributed by atoms with van der Waals surface area (Å²) in [6, 6.07) is 2.60. The van der Waals surface area contributed by atoms with Crippen LogP contribution < -0.4 is 0 Å². The number of thioether (sulfide) groups is 1. The first-order valence-corrected chi connectivity index (χ1v) is 6.34. The van der Waals surface area contributed by atoms with E-state index in [1.165, 1.54) is 23.0 Å². The molecule has 2 aliphatic heterocycles. The predicted molar refractivity (Wildman–Crippen MR) is 58.5 cm³/mol. The lowest BCUT2D eigenvalue weighted by Gasteiger charge is -2.11. The van der Waals surface area contributed by atoms with Crippen LogP contribution in [0.3, 0.4) is 0 Å². The summed E-state index contributed by atoms with van der Waals surface area (Å²) >= 11 is 3.65. The molecule has 0 saturated carbocycles. The van der Waals surface area contributed by atoms with Gasteiger partial charge in [-0.15, -0.1) is 0 Å². The Hall–Kier alpha value is -0.480. The number of fused-ring (bicyclic) bond motifs is 1. The van der Waals surface area contributed by atoms with Crippen molar-refractivity contribution in [2.24, 2.45) is 4.99 Å². The van der Waals surface area contributed by atoms with Gasteiger partial charge in [-0.3, -0.25) is 4.99 Å². The van der Waals surface area contributed by atoms with Crippen molar-refractivity contribution in [1.82, 2.24) is 4.90 Å². The summed E-state index contributed by atoms with van der Waals surface area (Å²) in [6.45, 7) is 2.28. The van der Waals surface area contributed by atoms with Crippen LogP contribution in [0.5, 0.6) is 0 Å². The van der Waals surface area contributed by atoms with Gasteiger partial charge in [0.25, 0.3) is 0 Å². The van der Waals surface area contributed by atoms with Crippen LogP contribution in [0.15, 0.2) is 21.8 Å². The molecule has 0 aliphatic carbocycles. The number of amidine groups is 1. The first-order valence-electron chi connectivity index (χ1n) is 4.41. The lowest BCUT2D eigenvalue weighted by atomic mass is 10.2. The van der Waals surface area contributed by atoms with Crippen LogP contribution in [0, 0.1) is 0 Å². The van der Waals surface area contributed by atoms with Gasteiger partial charge < -0.3 is 4.90 Å². The molecule has 1 fully saturated rings. The molecule has 68 valence electrons. The standard InChI is InChI=1S/C9H10N2S2/c1-3-12-6-7(1)8-5-11-2-4-13-9(11)10-8/h1,3,6,8H,2,4-5H2. The minimum atomic E-state index is 0.411. The normalized spacial score (nSPS) is 26.3. The molecule has 0 N–H and O–H groups in total. The second-order valence-corrected chi connectivity index (χ2v) is 5.12. The van der Waals surface area contributed by atoms with Crippen molar-refractivity contribution >= 4 is 28.3 Å². The van der Waals surface area contributed by atoms with Crippen molar-refractivity contribution < 1.29 is 0 Å². The molecule has 1 aromatic rings. The molecule has 0 bridgehead atoms. The van der Waals surface area contributed by atoms with E-state index in [1.54, 1.807) is 11.3 Å². The Balaban J connectivity index is 1.87. The minimum Gasteiger partial charge on any atom is -0.348 e. The molecule has 1 unspecified atom stereocenters. The van der Waals surface area contributed by atoms with Gasteiger partial charge in [0.05, 0.1) is 6.04 Å². The van der Waals surface area contributed by atoms with Crippen molar-refractivity contribution in [2.45, 2.75) is 6.04 Å². The highest BCUT2D eigenvalue weighted by Crippen LogP contribution is 2.32. The van der Waals surface area contributed by atoms with Crippen LogP contribution in [0.1, 0.15) is 11.6 Å². The fourth-order valence-electron chi connectivity index (χ4n) is 1.75. The number of aliphatic imine (C=N–C) groups is 1. The van der Waals surface area contributed by atoms with Gasteiger partial charge in [-0.1, -0.05) is 11.8 Å².